The molecule has 0 amide bonds. The Morgan fingerprint density at radius 1 is 1.47 bits per heavy atom. The second-order valence-corrected chi connectivity index (χ2v) is 4.91. The van der Waals surface area contributed by atoms with Crippen molar-refractivity contribution in [1.29, 1.82) is 5.26 Å². The van der Waals surface area contributed by atoms with Crippen LogP contribution in [-0.2, 0) is 0 Å². The van der Waals surface area contributed by atoms with Crippen molar-refractivity contribution in [3.05, 3.63) is 23.3 Å². The van der Waals surface area contributed by atoms with Crippen molar-refractivity contribution in [3.8, 4) is 6.07 Å². The molecule has 0 bridgehead atoms. The van der Waals surface area contributed by atoms with Crippen LogP contribution in [0.5, 0.6) is 0 Å². The van der Waals surface area contributed by atoms with Gasteiger partial charge in [-0.25, -0.2) is 4.98 Å². The maximum atomic E-state index is 8.93. The number of aromatic nitrogens is 1. The van der Waals surface area contributed by atoms with Crippen LogP contribution in [-0.4, -0.2) is 4.98 Å². The van der Waals surface area contributed by atoms with Gasteiger partial charge >= 0.3 is 0 Å². The minimum atomic E-state index is 0.585. The highest BCUT2D eigenvalue weighted by molar-refractivity contribution is 7.22. The molecular formula is C11H9N3S. The number of anilines is 1. The highest BCUT2D eigenvalue weighted by Crippen LogP contribution is 2.44. The van der Waals surface area contributed by atoms with Gasteiger partial charge in [-0.15, -0.1) is 0 Å². The number of thiazole rings is 1. The topological polar surface area (TPSA) is 62.7 Å². The zero-order valence-corrected chi connectivity index (χ0v) is 8.84. The Kier molecular flexibility index (Phi) is 1.70. The lowest BCUT2D eigenvalue weighted by Crippen LogP contribution is -1.86. The van der Waals surface area contributed by atoms with Crippen molar-refractivity contribution in [2.45, 2.75) is 18.8 Å². The molecular weight excluding hydrogens is 206 g/mol. The second kappa shape index (κ2) is 2.94. The summed E-state index contributed by atoms with van der Waals surface area (Å²) >= 11 is 1.46. The van der Waals surface area contributed by atoms with Crippen molar-refractivity contribution in [1.82, 2.24) is 4.98 Å². The monoisotopic (exact) mass is 215 g/mol. The van der Waals surface area contributed by atoms with Gasteiger partial charge in [0.1, 0.15) is 0 Å². The summed E-state index contributed by atoms with van der Waals surface area (Å²) < 4.78 is 1.04. The number of hydrogen-bond donors (Lipinski definition) is 1. The molecule has 4 heteroatoms. The van der Waals surface area contributed by atoms with E-state index in [4.69, 9.17) is 11.0 Å². The van der Waals surface area contributed by atoms with Gasteiger partial charge in [0.05, 0.1) is 21.8 Å². The van der Waals surface area contributed by atoms with Crippen LogP contribution >= 0.6 is 11.3 Å². The summed E-state index contributed by atoms with van der Waals surface area (Å²) in [6.45, 7) is 0. The summed E-state index contributed by atoms with van der Waals surface area (Å²) in [4.78, 5) is 4.34. The van der Waals surface area contributed by atoms with Gasteiger partial charge < -0.3 is 5.73 Å². The molecule has 15 heavy (non-hydrogen) atoms. The number of nitrogens with two attached hydrogens (primary N) is 1. The van der Waals surface area contributed by atoms with Gasteiger partial charge in [0.2, 0.25) is 0 Å². The summed E-state index contributed by atoms with van der Waals surface area (Å²) in [5.41, 5.74) is 8.62. The number of rotatable bonds is 1. The van der Waals surface area contributed by atoms with Gasteiger partial charge in [-0.2, -0.15) is 5.26 Å². The predicted octanol–water partition coefficient (Wildman–Crippen LogP) is 2.63. The fraction of sp³-hybridized carbons (Fsp3) is 0.273. The molecule has 0 aliphatic heterocycles. The fourth-order valence-corrected chi connectivity index (χ4v) is 2.65. The minimum Gasteiger partial charge on any atom is -0.375 e. The van der Waals surface area contributed by atoms with Crippen molar-refractivity contribution in [2.24, 2.45) is 0 Å². The Morgan fingerprint density at radius 3 is 2.93 bits per heavy atom. The molecule has 1 aliphatic rings. The molecule has 1 aliphatic carbocycles. The Balaban J connectivity index is 2.33. The van der Waals surface area contributed by atoms with Crippen LogP contribution in [0, 0.1) is 11.3 Å². The van der Waals surface area contributed by atoms with E-state index in [1.165, 1.54) is 29.7 Å². The van der Waals surface area contributed by atoms with Gasteiger partial charge in [-0.05, 0) is 36.5 Å². The van der Waals surface area contributed by atoms with Gasteiger partial charge in [-0.1, -0.05) is 11.3 Å². The summed E-state index contributed by atoms with van der Waals surface area (Å²) in [6.07, 6.45) is 2.42. The van der Waals surface area contributed by atoms with Crippen LogP contribution in [0.25, 0.3) is 10.2 Å². The third kappa shape index (κ3) is 1.36. The van der Waals surface area contributed by atoms with Crippen LogP contribution in [0.2, 0.25) is 0 Å². The molecule has 1 aromatic carbocycles. The molecule has 1 saturated carbocycles. The van der Waals surface area contributed by atoms with E-state index in [2.05, 4.69) is 11.1 Å². The first-order valence-corrected chi connectivity index (χ1v) is 5.69. The standard InChI is InChI=1S/C11H9N3S/c12-5-6-3-8(7-1-2-7)10-9(4-6)15-11(13)14-10/h3-4,7H,1-2H2,(H2,13,14). The first-order valence-electron chi connectivity index (χ1n) is 4.88. The zero-order chi connectivity index (χ0) is 10.4. The third-order valence-electron chi connectivity index (χ3n) is 2.69. The van der Waals surface area contributed by atoms with E-state index in [1.807, 2.05) is 12.1 Å². The lowest BCUT2D eigenvalue weighted by molar-refractivity contribution is 1.14. The van der Waals surface area contributed by atoms with Crippen LogP contribution in [0.1, 0.15) is 29.9 Å². The number of nitrogen functional groups attached to an aromatic ring is 1. The van der Waals surface area contributed by atoms with Gasteiger partial charge in [-0.3, -0.25) is 0 Å². The third-order valence-corrected chi connectivity index (χ3v) is 3.52. The first kappa shape index (κ1) is 8.69. The maximum Gasteiger partial charge on any atom is 0.181 e. The molecule has 0 spiro atoms. The van der Waals surface area contributed by atoms with Crippen LogP contribution in [0.4, 0.5) is 5.13 Å². The number of nitriles is 1. The lowest BCUT2D eigenvalue weighted by atomic mass is 10.1. The summed E-state index contributed by atoms with van der Waals surface area (Å²) in [6, 6.07) is 6.02. The molecule has 3 nitrogen and oxygen atoms in total. The zero-order valence-electron chi connectivity index (χ0n) is 8.03. The summed E-state index contributed by atoms with van der Waals surface area (Å²) in [7, 11) is 0. The smallest absolute Gasteiger partial charge is 0.181 e. The molecule has 1 heterocycles. The molecule has 74 valence electrons. The number of nitrogens with zero attached hydrogens (tertiary/aromatic N) is 2. The molecule has 1 fully saturated rings. The summed E-state index contributed by atoms with van der Waals surface area (Å²) in [5, 5.41) is 9.52. The molecule has 2 N–H and O–H groups in total. The molecule has 1 aromatic heterocycles. The van der Waals surface area contributed by atoms with E-state index in [1.54, 1.807) is 0 Å². The molecule has 2 aromatic rings. The van der Waals surface area contributed by atoms with Gasteiger partial charge in [0.15, 0.2) is 5.13 Å². The number of fused-ring (bicyclic) bond motifs is 1. The minimum absolute atomic E-state index is 0.585. The lowest BCUT2D eigenvalue weighted by Gasteiger charge is -1.99. The maximum absolute atomic E-state index is 8.93. The van der Waals surface area contributed by atoms with Crippen molar-refractivity contribution in [3.63, 3.8) is 0 Å². The predicted molar refractivity (Wildman–Crippen MR) is 60.7 cm³/mol. The Labute approximate surface area is 91.2 Å². The average molecular weight is 215 g/mol. The second-order valence-electron chi connectivity index (χ2n) is 3.85. The SMILES string of the molecule is N#Cc1cc(C2CC2)c2nc(N)sc2c1. The number of hydrogen-bond acceptors (Lipinski definition) is 4. The average Bonchev–Trinajstić information content (AvgIpc) is 2.98. The highest BCUT2D eigenvalue weighted by Gasteiger charge is 2.27. The van der Waals surface area contributed by atoms with E-state index >= 15 is 0 Å². The van der Waals surface area contributed by atoms with Gasteiger partial charge in [0, 0.05) is 0 Å². The normalized spacial score (nSPS) is 15.4. The molecule has 0 radical (unpaired) electrons. The largest absolute Gasteiger partial charge is 0.375 e. The first-order chi connectivity index (χ1) is 7.28. The van der Waals surface area contributed by atoms with Gasteiger partial charge in [0.25, 0.3) is 0 Å². The van der Waals surface area contributed by atoms with E-state index in [0.717, 1.165) is 10.2 Å². The van der Waals surface area contributed by atoms with E-state index in [9.17, 15) is 0 Å². The van der Waals surface area contributed by atoms with Crippen molar-refractivity contribution >= 4 is 26.7 Å². The molecule has 0 atom stereocenters. The Morgan fingerprint density at radius 2 is 2.27 bits per heavy atom. The molecule has 3 rings (SSSR count). The van der Waals surface area contributed by atoms with Crippen LogP contribution < -0.4 is 5.73 Å². The van der Waals surface area contributed by atoms with E-state index in [0.29, 0.717) is 16.6 Å². The molecule has 0 saturated heterocycles. The fourth-order valence-electron chi connectivity index (χ4n) is 1.84. The Bertz CT molecular complexity index is 575. The quantitative estimate of drug-likeness (QED) is 0.795. The molecule has 0 unspecified atom stereocenters. The Hall–Kier alpha value is -1.60. The van der Waals surface area contributed by atoms with E-state index < -0.39 is 0 Å². The van der Waals surface area contributed by atoms with Crippen molar-refractivity contribution in [2.75, 3.05) is 5.73 Å². The highest BCUT2D eigenvalue weighted by atomic mass is 32.1. The summed E-state index contributed by atoms with van der Waals surface area (Å²) in [5.74, 6) is 0.599. The van der Waals surface area contributed by atoms with Crippen molar-refractivity contribution < 1.29 is 0 Å². The van der Waals surface area contributed by atoms with Crippen LogP contribution in [0.3, 0.4) is 0 Å². The van der Waals surface area contributed by atoms with E-state index in [-0.39, 0.29) is 0 Å². The van der Waals surface area contributed by atoms with Crippen LogP contribution in [0.15, 0.2) is 12.1 Å². The number of benzene rings is 1.